The second-order valence-corrected chi connectivity index (χ2v) is 4.75. The fraction of sp³-hybridized carbons (Fsp3) is 0.700. The van der Waals surface area contributed by atoms with Crippen molar-refractivity contribution in [2.24, 2.45) is 0 Å². The topological polar surface area (TPSA) is 24.9 Å². The van der Waals surface area contributed by atoms with E-state index in [0.717, 1.165) is 30.1 Å². The Morgan fingerprint density at radius 3 is 3.21 bits per heavy atom. The first kappa shape index (κ1) is 10.1. The molecule has 78 valence electrons. The van der Waals surface area contributed by atoms with Crippen molar-refractivity contribution in [3.8, 4) is 0 Å². The van der Waals surface area contributed by atoms with Crippen LogP contribution in [0.2, 0.25) is 0 Å². The maximum atomic E-state index is 13.7. The van der Waals surface area contributed by atoms with E-state index in [9.17, 15) is 4.39 Å². The van der Waals surface area contributed by atoms with Gasteiger partial charge in [-0.2, -0.15) is 0 Å². The largest absolute Gasteiger partial charge is 0.311 e. The van der Waals surface area contributed by atoms with Crippen molar-refractivity contribution in [2.45, 2.75) is 38.4 Å². The molecule has 0 aliphatic carbocycles. The van der Waals surface area contributed by atoms with Gasteiger partial charge in [-0.15, -0.1) is 11.3 Å². The molecule has 14 heavy (non-hydrogen) atoms. The van der Waals surface area contributed by atoms with Crippen molar-refractivity contribution in [3.05, 3.63) is 16.1 Å². The molecule has 0 bridgehead atoms. The van der Waals surface area contributed by atoms with Crippen LogP contribution in [-0.4, -0.2) is 23.7 Å². The average molecular weight is 214 g/mol. The summed E-state index contributed by atoms with van der Waals surface area (Å²) in [5.41, 5.74) is 0.997. The lowest BCUT2D eigenvalue weighted by atomic mass is 10.1. The highest BCUT2D eigenvalue weighted by Gasteiger charge is 2.24. The van der Waals surface area contributed by atoms with Crippen LogP contribution in [0, 0.1) is 6.92 Å². The summed E-state index contributed by atoms with van der Waals surface area (Å²) in [5, 5.41) is 6.08. The number of aromatic nitrogens is 1. The van der Waals surface area contributed by atoms with Crippen molar-refractivity contribution in [1.82, 2.24) is 10.3 Å². The third-order valence-corrected chi connectivity index (χ3v) is 3.56. The molecule has 0 aromatic carbocycles. The Morgan fingerprint density at radius 1 is 1.79 bits per heavy atom. The minimum absolute atomic E-state index is 0.0548. The summed E-state index contributed by atoms with van der Waals surface area (Å²) < 4.78 is 13.7. The molecule has 0 spiro atoms. The Kier molecular flexibility index (Phi) is 3.13. The zero-order valence-corrected chi connectivity index (χ0v) is 9.11. The smallest absolute Gasteiger partial charge is 0.122 e. The van der Waals surface area contributed by atoms with Crippen LogP contribution in [0.4, 0.5) is 4.39 Å². The number of halogens is 1. The number of hydrogen-bond acceptors (Lipinski definition) is 3. The van der Waals surface area contributed by atoms with Gasteiger partial charge in [0, 0.05) is 23.5 Å². The van der Waals surface area contributed by atoms with Crippen molar-refractivity contribution in [2.75, 3.05) is 6.54 Å². The summed E-state index contributed by atoms with van der Waals surface area (Å²) in [5.74, 6) is 0. The molecule has 2 rings (SSSR count). The van der Waals surface area contributed by atoms with Gasteiger partial charge >= 0.3 is 0 Å². The maximum absolute atomic E-state index is 13.7. The molecule has 1 aliphatic rings. The van der Waals surface area contributed by atoms with Gasteiger partial charge in [-0.3, -0.25) is 0 Å². The molecule has 2 atom stereocenters. The number of nitrogens with zero attached hydrogens (tertiary/aromatic N) is 1. The molecule has 4 heteroatoms. The predicted octanol–water partition coefficient (Wildman–Crippen LogP) is 2.08. The Labute approximate surface area is 87.6 Å². The highest BCUT2D eigenvalue weighted by atomic mass is 32.1. The Morgan fingerprint density at radius 2 is 2.64 bits per heavy atom. The molecular formula is C10H15FN2S. The minimum atomic E-state index is -0.775. The first-order chi connectivity index (χ1) is 6.75. The molecule has 1 fully saturated rings. The zero-order valence-electron chi connectivity index (χ0n) is 8.29. The van der Waals surface area contributed by atoms with E-state index in [4.69, 9.17) is 0 Å². The van der Waals surface area contributed by atoms with Crippen LogP contribution in [0.25, 0.3) is 0 Å². The number of nitrogens with one attached hydrogen (secondary N) is 1. The Bertz CT molecular complexity index is 294. The van der Waals surface area contributed by atoms with E-state index in [2.05, 4.69) is 10.3 Å². The molecule has 1 aliphatic heterocycles. The van der Waals surface area contributed by atoms with Crippen LogP contribution in [0.5, 0.6) is 0 Å². The summed E-state index contributed by atoms with van der Waals surface area (Å²) in [6, 6.07) is 0.0548. The van der Waals surface area contributed by atoms with Crippen LogP contribution in [-0.2, 0) is 6.42 Å². The van der Waals surface area contributed by atoms with Gasteiger partial charge in [-0.25, -0.2) is 9.37 Å². The van der Waals surface area contributed by atoms with E-state index in [1.54, 1.807) is 11.3 Å². The second kappa shape index (κ2) is 4.36. The minimum Gasteiger partial charge on any atom is -0.311 e. The number of aryl methyl sites for hydroxylation is 1. The molecule has 1 aromatic heterocycles. The summed E-state index contributed by atoms with van der Waals surface area (Å²) in [6.45, 7) is 2.91. The number of thiazole rings is 1. The standard InChI is InChI=1S/C10H15FN2S/c1-7-6-14-10(13-7)5-8(11)9-3-2-4-12-9/h6,8-9,12H,2-5H2,1H3. The van der Waals surface area contributed by atoms with Crippen molar-refractivity contribution >= 4 is 11.3 Å². The van der Waals surface area contributed by atoms with Gasteiger partial charge in [0.05, 0.1) is 5.01 Å². The molecule has 2 nitrogen and oxygen atoms in total. The van der Waals surface area contributed by atoms with E-state index < -0.39 is 6.17 Å². The maximum Gasteiger partial charge on any atom is 0.122 e. The van der Waals surface area contributed by atoms with Gasteiger partial charge < -0.3 is 5.32 Å². The highest BCUT2D eigenvalue weighted by molar-refractivity contribution is 7.09. The van der Waals surface area contributed by atoms with Gasteiger partial charge in [0.2, 0.25) is 0 Å². The predicted molar refractivity (Wildman–Crippen MR) is 56.5 cm³/mol. The van der Waals surface area contributed by atoms with Crippen LogP contribution < -0.4 is 5.32 Å². The number of alkyl halides is 1. The fourth-order valence-corrected chi connectivity index (χ4v) is 2.64. The molecule has 2 heterocycles. The molecule has 1 aromatic rings. The van der Waals surface area contributed by atoms with Gasteiger partial charge in [0.1, 0.15) is 6.17 Å². The second-order valence-electron chi connectivity index (χ2n) is 3.81. The Balaban J connectivity index is 1.90. The third kappa shape index (κ3) is 2.30. The van der Waals surface area contributed by atoms with Crippen molar-refractivity contribution in [1.29, 1.82) is 0 Å². The van der Waals surface area contributed by atoms with Crippen LogP contribution in [0.3, 0.4) is 0 Å². The van der Waals surface area contributed by atoms with Crippen LogP contribution >= 0.6 is 11.3 Å². The first-order valence-electron chi connectivity index (χ1n) is 5.04. The van der Waals surface area contributed by atoms with E-state index in [1.165, 1.54) is 0 Å². The van der Waals surface area contributed by atoms with Gasteiger partial charge in [0.25, 0.3) is 0 Å². The molecule has 0 amide bonds. The number of hydrogen-bond donors (Lipinski definition) is 1. The molecule has 0 saturated carbocycles. The van der Waals surface area contributed by atoms with Crippen molar-refractivity contribution in [3.63, 3.8) is 0 Å². The lowest BCUT2D eigenvalue weighted by molar-refractivity contribution is 0.263. The summed E-state index contributed by atoms with van der Waals surface area (Å²) in [7, 11) is 0. The monoisotopic (exact) mass is 214 g/mol. The lowest BCUT2D eigenvalue weighted by Gasteiger charge is -2.14. The van der Waals surface area contributed by atoms with Gasteiger partial charge in [-0.05, 0) is 26.3 Å². The summed E-state index contributed by atoms with van der Waals surface area (Å²) in [6.07, 6.45) is 1.76. The summed E-state index contributed by atoms with van der Waals surface area (Å²) >= 11 is 1.56. The van der Waals surface area contributed by atoms with Gasteiger partial charge in [-0.1, -0.05) is 0 Å². The van der Waals surface area contributed by atoms with E-state index >= 15 is 0 Å². The quantitative estimate of drug-likeness (QED) is 0.833. The SMILES string of the molecule is Cc1csc(CC(F)C2CCCN2)n1. The normalized spacial score (nSPS) is 24.0. The zero-order chi connectivity index (χ0) is 9.97. The first-order valence-corrected chi connectivity index (χ1v) is 5.92. The van der Waals surface area contributed by atoms with Gasteiger partial charge in [0.15, 0.2) is 0 Å². The highest BCUT2D eigenvalue weighted by Crippen LogP contribution is 2.18. The Hall–Kier alpha value is -0.480. The van der Waals surface area contributed by atoms with E-state index in [-0.39, 0.29) is 6.04 Å². The molecule has 0 radical (unpaired) electrons. The van der Waals surface area contributed by atoms with Crippen molar-refractivity contribution < 1.29 is 4.39 Å². The lowest BCUT2D eigenvalue weighted by Crippen LogP contribution is -2.33. The van der Waals surface area contributed by atoms with E-state index in [1.807, 2.05) is 12.3 Å². The fourth-order valence-electron chi connectivity index (χ4n) is 1.83. The van der Waals surface area contributed by atoms with Crippen LogP contribution in [0.15, 0.2) is 5.38 Å². The molecule has 1 saturated heterocycles. The van der Waals surface area contributed by atoms with E-state index in [0.29, 0.717) is 6.42 Å². The number of rotatable bonds is 3. The average Bonchev–Trinajstić information content (AvgIpc) is 2.75. The molecule has 2 unspecified atom stereocenters. The molecular weight excluding hydrogens is 199 g/mol. The summed E-state index contributed by atoms with van der Waals surface area (Å²) in [4.78, 5) is 4.27. The molecule has 1 N–H and O–H groups in total. The van der Waals surface area contributed by atoms with Crippen LogP contribution in [0.1, 0.15) is 23.5 Å². The third-order valence-electron chi connectivity index (χ3n) is 2.57.